The van der Waals surface area contributed by atoms with Crippen LogP contribution in [-0.4, -0.2) is 18.1 Å². The molecule has 0 aliphatic rings. The van der Waals surface area contributed by atoms with Crippen LogP contribution in [0, 0.1) is 6.92 Å². The van der Waals surface area contributed by atoms with Crippen molar-refractivity contribution in [3.8, 4) is 5.75 Å². The first-order valence-corrected chi connectivity index (χ1v) is 4.58. The lowest BCUT2D eigenvalue weighted by atomic mass is 10.1. The first kappa shape index (κ1) is 12.5. The Morgan fingerprint density at radius 3 is 2.41 bits per heavy atom. The molecule has 0 unspecified atom stereocenters. The zero-order chi connectivity index (χ0) is 12.8. The number of hydrogen-bond donors (Lipinski definition) is 0. The molecule has 0 spiro atoms. The molecule has 1 aromatic rings. The number of rotatable bonds is 3. The van der Waals surface area contributed by atoms with Crippen molar-refractivity contribution in [2.75, 3.05) is 0 Å². The van der Waals surface area contributed by atoms with Crippen LogP contribution in [0.3, 0.4) is 0 Å². The maximum Gasteiger partial charge on any atom is 0.308 e. The maximum absolute atomic E-state index is 10.9. The van der Waals surface area contributed by atoms with Gasteiger partial charge in [-0.3, -0.25) is 4.79 Å². The van der Waals surface area contributed by atoms with E-state index in [2.05, 4.69) is 9.98 Å². The summed E-state index contributed by atoms with van der Waals surface area (Å²) in [5, 5.41) is 0. The van der Waals surface area contributed by atoms with Gasteiger partial charge in [-0.1, -0.05) is 6.07 Å². The molecule has 0 heterocycles. The van der Waals surface area contributed by atoms with Gasteiger partial charge in [0.05, 0.1) is 0 Å². The Hall–Kier alpha value is -2.55. The lowest BCUT2D eigenvalue weighted by molar-refractivity contribution is -0.131. The summed E-state index contributed by atoms with van der Waals surface area (Å²) < 4.78 is 4.91. The molecule has 0 saturated carbocycles. The molecule has 0 aliphatic carbocycles. The third kappa shape index (κ3) is 2.95. The van der Waals surface area contributed by atoms with Crippen LogP contribution in [0.5, 0.6) is 5.75 Å². The first-order valence-electron chi connectivity index (χ1n) is 4.58. The number of carbonyl (C=O) groups excluding carboxylic acids is 3. The highest BCUT2D eigenvalue weighted by molar-refractivity contribution is 5.80. The standard InChI is InChI=1S/C11H8N2O4/c1-7-3-4-9(12-5-14)10(13-6-15)11(7)17-8(2)16/h3-4H,1-2H3. The molecule has 1 rings (SSSR count). The van der Waals surface area contributed by atoms with Gasteiger partial charge >= 0.3 is 5.97 Å². The summed E-state index contributed by atoms with van der Waals surface area (Å²) >= 11 is 0. The number of carbonyl (C=O) groups is 1. The molecule has 17 heavy (non-hydrogen) atoms. The Morgan fingerprint density at radius 1 is 1.24 bits per heavy atom. The predicted octanol–water partition coefficient (Wildman–Crippen LogP) is 1.85. The maximum atomic E-state index is 10.9. The molecule has 1 aromatic carbocycles. The van der Waals surface area contributed by atoms with Crippen LogP contribution in [-0.2, 0) is 14.4 Å². The van der Waals surface area contributed by atoms with Crippen LogP contribution in [0.15, 0.2) is 22.1 Å². The normalized spacial score (nSPS) is 8.82. The average molecular weight is 232 g/mol. The number of benzene rings is 1. The zero-order valence-electron chi connectivity index (χ0n) is 9.18. The van der Waals surface area contributed by atoms with Gasteiger partial charge in [-0.2, -0.15) is 9.98 Å². The summed E-state index contributed by atoms with van der Waals surface area (Å²) in [6, 6.07) is 3.04. The summed E-state index contributed by atoms with van der Waals surface area (Å²) in [4.78, 5) is 38.2. The zero-order valence-corrected chi connectivity index (χ0v) is 9.18. The SMILES string of the molecule is CC(=O)Oc1c(C)ccc(N=C=O)c1N=C=O. The molecule has 0 aromatic heterocycles. The second-order valence-electron chi connectivity index (χ2n) is 3.08. The fourth-order valence-corrected chi connectivity index (χ4v) is 1.23. The minimum absolute atomic E-state index is 0.0152. The fraction of sp³-hybridized carbons (Fsp3) is 0.182. The molecule has 6 nitrogen and oxygen atoms in total. The summed E-state index contributed by atoms with van der Waals surface area (Å²) in [5.41, 5.74) is 0.655. The quantitative estimate of drug-likeness (QED) is 0.344. The van der Waals surface area contributed by atoms with Crippen molar-refractivity contribution in [1.29, 1.82) is 0 Å². The van der Waals surface area contributed by atoms with Crippen molar-refractivity contribution in [1.82, 2.24) is 0 Å². The van der Waals surface area contributed by atoms with Gasteiger partial charge in [0.2, 0.25) is 12.2 Å². The van der Waals surface area contributed by atoms with Crippen molar-refractivity contribution in [2.45, 2.75) is 13.8 Å². The Balaban J connectivity index is 3.52. The third-order valence-corrected chi connectivity index (χ3v) is 1.88. The monoisotopic (exact) mass is 232 g/mol. The lowest BCUT2D eigenvalue weighted by Crippen LogP contribution is -2.03. The smallest absolute Gasteiger partial charge is 0.308 e. The number of nitrogens with zero attached hydrogens (tertiary/aromatic N) is 2. The van der Waals surface area contributed by atoms with E-state index in [0.29, 0.717) is 5.56 Å². The van der Waals surface area contributed by atoms with Crippen molar-refractivity contribution in [3.63, 3.8) is 0 Å². The van der Waals surface area contributed by atoms with Crippen LogP contribution in [0.4, 0.5) is 11.4 Å². The average Bonchev–Trinajstić information content (AvgIpc) is 2.27. The molecule has 0 saturated heterocycles. The molecule has 86 valence electrons. The van der Waals surface area contributed by atoms with E-state index in [4.69, 9.17) is 4.74 Å². The Morgan fingerprint density at radius 2 is 1.88 bits per heavy atom. The Bertz CT molecular complexity index is 553. The molecule has 0 atom stereocenters. The topological polar surface area (TPSA) is 85.2 Å². The van der Waals surface area contributed by atoms with Gasteiger partial charge in [0.15, 0.2) is 5.75 Å². The van der Waals surface area contributed by atoms with Crippen LogP contribution < -0.4 is 4.74 Å². The van der Waals surface area contributed by atoms with Gasteiger partial charge in [-0.25, -0.2) is 9.59 Å². The fourth-order valence-electron chi connectivity index (χ4n) is 1.23. The number of hydrogen-bond acceptors (Lipinski definition) is 6. The Labute approximate surface area is 96.6 Å². The van der Waals surface area contributed by atoms with E-state index in [1.165, 1.54) is 25.1 Å². The van der Waals surface area contributed by atoms with E-state index in [1.54, 1.807) is 13.0 Å². The van der Waals surface area contributed by atoms with Gasteiger partial charge in [-0.05, 0) is 18.6 Å². The molecule has 0 amide bonds. The number of esters is 1. The largest absolute Gasteiger partial charge is 0.424 e. The number of aliphatic imine (C=N–C) groups is 2. The predicted molar refractivity (Wildman–Crippen MR) is 58.1 cm³/mol. The van der Waals surface area contributed by atoms with Crippen LogP contribution in [0.2, 0.25) is 0 Å². The number of aryl methyl sites for hydroxylation is 1. The molecule has 0 radical (unpaired) electrons. The van der Waals surface area contributed by atoms with Gasteiger partial charge in [0.25, 0.3) is 0 Å². The minimum Gasteiger partial charge on any atom is -0.424 e. The van der Waals surface area contributed by atoms with Crippen molar-refractivity contribution >= 4 is 29.5 Å². The molecular formula is C11H8N2O4. The van der Waals surface area contributed by atoms with Gasteiger partial charge in [0.1, 0.15) is 11.4 Å². The molecule has 6 heteroatoms. The van der Waals surface area contributed by atoms with Gasteiger partial charge in [0, 0.05) is 6.92 Å². The van der Waals surface area contributed by atoms with E-state index >= 15 is 0 Å². The second kappa shape index (κ2) is 5.51. The summed E-state index contributed by atoms with van der Waals surface area (Å²) in [6.45, 7) is 2.88. The summed E-state index contributed by atoms with van der Waals surface area (Å²) in [7, 11) is 0. The van der Waals surface area contributed by atoms with E-state index in [0.717, 1.165) is 0 Å². The van der Waals surface area contributed by atoms with E-state index in [1.807, 2.05) is 0 Å². The highest BCUT2D eigenvalue weighted by Gasteiger charge is 2.14. The number of isocyanates is 2. The minimum atomic E-state index is -0.567. The van der Waals surface area contributed by atoms with Crippen LogP contribution >= 0.6 is 0 Å². The molecule has 0 fully saturated rings. The van der Waals surface area contributed by atoms with Gasteiger partial charge in [-0.15, -0.1) is 0 Å². The van der Waals surface area contributed by atoms with Gasteiger partial charge < -0.3 is 4.74 Å². The molecule has 0 bridgehead atoms. The van der Waals surface area contributed by atoms with E-state index in [9.17, 15) is 14.4 Å². The van der Waals surface area contributed by atoms with Crippen LogP contribution in [0.25, 0.3) is 0 Å². The second-order valence-corrected chi connectivity index (χ2v) is 3.08. The molecule has 0 aliphatic heterocycles. The summed E-state index contributed by atoms with van der Waals surface area (Å²) in [5.74, 6) is -0.486. The van der Waals surface area contributed by atoms with E-state index in [-0.39, 0.29) is 17.1 Å². The van der Waals surface area contributed by atoms with Crippen molar-refractivity contribution < 1.29 is 19.1 Å². The lowest BCUT2D eigenvalue weighted by Gasteiger charge is -2.08. The highest BCUT2D eigenvalue weighted by Crippen LogP contribution is 2.39. The third-order valence-electron chi connectivity index (χ3n) is 1.88. The van der Waals surface area contributed by atoms with Crippen LogP contribution in [0.1, 0.15) is 12.5 Å². The highest BCUT2D eigenvalue weighted by atomic mass is 16.5. The Kier molecular flexibility index (Phi) is 4.06. The summed E-state index contributed by atoms with van der Waals surface area (Å²) in [6.07, 6.45) is 2.65. The van der Waals surface area contributed by atoms with Crippen molar-refractivity contribution in [3.05, 3.63) is 17.7 Å². The van der Waals surface area contributed by atoms with Crippen molar-refractivity contribution in [2.24, 2.45) is 9.98 Å². The molecule has 0 N–H and O–H groups in total. The first-order chi connectivity index (χ1) is 8.10. The number of ether oxygens (including phenoxy) is 1. The molecular weight excluding hydrogens is 224 g/mol. The van der Waals surface area contributed by atoms with E-state index < -0.39 is 5.97 Å².